The summed E-state index contributed by atoms with van der Waals surface area (Å²) in [7, 11) is 0.181. The molecule has 0 aliphatic rings. The number of ether oxygens (including phenoxy) is 1. The lowest BCUT2D eigenvalue weighted by Crippen LogP contribution is -2.02. The molecule has 0 saturated carbocycles. The SMILES string of the molecule is CCCCCCc1ssc(=S)c1-c1ccc(OC)c(S(=O)(=O)O)c1. The Balaban J connectivity index is 2.42. The third kappa shape index (κ3) is 4.64. The summed E-state index contributed by atoms with van der Waals surface area (Å²) in [5, 5.41) is 0. The van der Waals surface area contributed by atoms with E-state index in [1.54, 1.807) is 22.5 Å². The highest BCUT2D eigenvalue weighted by Gasteiger charge is 2.19. The Morgan fingerprint density at radius 1 is 1.21 bits per heavy atom. The monoisotopic (exact) mass is 404 g/mol. The zero-order chi connectivity index (χ0) is 17.7. The number of methoxy groups -OCH3 is 1. The summed E-state index contributed by atoms with van der Waals surface area (Å²) in [4.78, 5) is 0.942. The molecular formula is C16H20O4S4. The van der Waals surface area contributed by atoms with Gasteiger partial charge in [0.05, 0.1) is 7.11 Å². The quantitative estimate of drug-likeness (QED) is 0.269. The third-order valence-corrected chi connectivity index (χ3v) is 7.74. The van der Waals surface area contributed by atoms with Crippen LogP contribution in [0.4, 0.5) is 0 Å². The first-order valence-electron chi connectivity index (χ1n) is 7.66. The Bertz CT molecular complexity index is 849. The fraction of sp³-hybridized carbons (Fsp3) is 0.438. The molecule has 0 aliphatic heterocycles. The molecule has 8 heteroatoms. The van der Waals surface area contributed by atoms with E-state index in [0.717, 1.165) is 22.2 Å². The first kappa shape index (κ1) is 19.5. The van der Waals surface area contributed by atoms with Crippen LogP contribution in [0.1, 0.15) is 37.5 Å². The number of benzene rings is 1. The average molecular weight is 405 g/mol. The molecule has 2 aromatic rings. The van der Waals surface area contributed by atoms with Crippen molar-refractivity contribution in [2.24, 2.45) is 0 Å². The summed E-state index contributed by atoms with van der Waals surface area (Å²) >= 11 is 5.44. The molecule has 0 atom stereocenters. The molecule has 1 N–H and O–H groups in total. The second-order valence-electron chi connectivity index (χ2n) is 5.40. The zero-order valence-electron chi connectivity index (χ0n) is 13.6. The number of rotatable bonds is 8. The molecule has 0 unspecified atom stereocenters. The van der Waals surface area contributed by atoms with Gasteiger partial charge < -0.3 is 4.74 Å². The second-order valence-corrected chi connectivity index (χ2v) is 9.69. The maximum Gasteiger partial charge on any atom is 0.298 e. The van der Waals surface area contributed by atoms with Gasteiger partial charge in [-0.05, 0) is 30.5 Å². The van der Waals surface area contributed by atoms with Crippen LogP contribution in [-0.2, 0) is 16.5 Å². The molecular weight excluding hydrogens is 384 g/mol. The Hall–Kier alpha value is -0.800. The van der Waals surface area contributed by atoms with Gasteiger partial charge in [-0.3, -0.25) is 4.55 Å². The van der Waals surface area contributed by atoms with Gasteiger partial charge in [0.2, 0.25) is 0 Å². The molecule has 0 saturated heterocycles. The maximum absolute atomic E-state index is 11.6. The van der Waals surface area contributed by atoms with Crippen LogP contribution < -0.4 is 4.74 Å². The zero-order valence-corrected chi connectivity index (χ0v) is 16.8. The summed E-state index contributed by atoms with van der Waals surface area (Å²) < 4.78 is 38.4. The van der Waals surface area contributed by atoms with Crippen molar-refractivity contribution in [1.82, 2.24) is 0 Å². The molecule has 24 heavy (non-hydrogen) atoms. The van der Waals surface area contributed by atoms with Crippen LogP contribution in [0.3, 0.4) is 0 Å². The minimum absolute atomic E-state index is 0.121. The van der Waals surface area contributed by atoms with E-state index in [1.165, 1.54) is 47.7 Å². The summed E-state index contributed by atoms with van der Waals surface area (Å²) in [6.07, 6.45) is 5.58. The molecule has 1 aromatic heterocycles. The minimum Gasteiger partial charge on any atom is -0.495 e. The van der Waals surface area contributed by atoms with Crippen molar-refractivity contribution < 1.29 is 17.7 Å². The average Bonchev–Trinajstić information content (AvgIpc) is 2.91. The summed E-state index contributed by atoms with van der Waals surface area (Å²) in [6.45, 7) is 2.17. The van der Waals surface area contributed by atoms with Crippen LogP contribution in [-0.4, -0.2) is 20.1 Å². The fourth-order valence-corrected chi connectivity index (χ4v) is 6.15. The lowest BCUT2D eigenvalue weighted by molar-refractivity contribution is 0.397. The Morgan fingerprint density at radius 3 is 2.58 bits per heavy atom. The Morgan fingerprint density at radius 2 is 1.96 bits per heavy atom. The summed E-state index contributed by atoms with van der Waals surface area (Å²) in [5.41, 5.74) is 1.61. The number of hydrogen-bond acceptors (Lipinski definition) is 6. The van der Waals surface area contributed by atoms with Gasteiger partial charge in [-0.2, -0.15) is 8.42 Å². The largest absolute Gasteiger partial charge is 0.495 e. The fourth-order valence-electron chi connectivity index (χ4n) is 2.48. The molecule has 2 rings (SSSR count). The van der Waals surface area contributed by atoms with Crippen molar-refractivity contribution in [3.63, 3.8) is 0 Å². The van der Waals surface area contributed by atoms with Crippen molar-refractivity contribution in [3.05, 3.63) is 26.9 Å². The number of unbranched alkanes of at least 4 members (excludes halogenated alkanes) is 3. The lowest BCUT2D eigenvalue weighted by Gasteiger charge is -2.09. The van der Waals surface area contributed by atoms with E-state index >= 15 is 0 Å². The normalized spacial score (nSPS) is 11.6. The molecule has 0 spiro atoms. The molecule has 0 bridgehead atoms. The van der Waals surface area contributed by atoms with Crippen LogP contribution in [0.15, 0.2) is 23.1 Å². The van der Waals surface area contributed by atoms with Crippen molar-refractivity contribution in [1.29, 1.82) is 0 Å². The minimum atomic E-state index is -4.36. The van der Waals surface area contributed by atoms with Gasteiger partial charge >= 0.3 is 0 Å². The Kier molecular flexibility index (Phi) is 6.94. The molecule has 1 aromatic carbocycles. The van der Waals surface area contributed by atoms with Crippen LogP contribution in [0, 0.1) is 3.82 Å². The van der Waals surface area contributed by atoms with E-state index < -0.39 is 10.1 Å². The standard InChI is InChI=1S/C16H20O4S4/c1-3-4-5-6-7-13-15(16(21)23-22-13)11-8-9-12(20-2)14(10-11)24(17,18)19/h8-10H,3-7H2,1-2H3,(H,17,18,19). The van der Waals surface area contributed by atoms with Crippen molar-refractivity contribution in [3.8, 4) is 16.9 Å². The number of aryl methyl sites for hydroxylation is 1. The van der Waals surface area contributed by atoms with Crippen molar-refractivity contribution in [2.45, 2.75) is 43.9 Å². The van der Waals surface area contributed by atoms with Gasteiger partial charge in [-0.15, -0.1) is 0 Å². The van der Waals surface area contributed by atoms with Crippen molar-refractivity contribution >= 4 is 43.0 Å². The topological polar surface area (TPSA) is 63.6 Å². The van der Waals surface area contributed by atoms with Gasteiger partial charge in [-0.25, -0.2) is 0 Å². The molecule has 132 valence electrons. The van der Waals surface area contributed by atoms with E-state index in [1.807, 2.05) is 0 Å². The Labute approximate surface area is 155 Å². The highest BCUT2D eigenvalue weighted by molar-refractivity contribution is 7.86. The first-order chi connectivity index (χ1) is 11.4. The summed E-state index contributed by atoms with van der Waals surface area (Å²) in [5.74, 6) is 0.121. The third-order valence-electron chi connectivity index (χ3n) is 3.69. The highest BCUT2D eigenvalue weighted by atomic mass is 32.9. The van der Waals surface area contributed by atoms with Crippen LogP contribution in [0.2, 0.25) is 0 Å². The van der Waals surface area contributed by atoms with E-state index in [2.05, 4.69) is 6.92 Å². The van der Waals surface area contributed by atoms with E-state index in [-0.39, 0.29) is 10.6 Å². The van der Waals surface area contributed by atoms with Crippen molar-refractivity contribution in [2.75, 3.05) is 7.11 Å². The van der Waals surface area contributed by atoms with E-state index in [9.17, 15) is 13.0 Å². The van der Waals surface area contributed by atoms with E-state index in [0.29, 0.717) is 5.56 Å². The van der Waals surface area contributed by atoms with Crippen LogP contribution in [0.25, 0.3) is 11.1 Å². The van der Waals surface area contributed by atoms with Gasteiger partial charge in [0.15, 0.2) is 0 Å². The molecule has 0 amide bonds. The van der Waals surface area contributed by atoms with Gasteiger partial charge in [0, 0.05) is 10.4 Å². The predicted molar refractivity (Wildman–Crippen MR) is 103 cm³/mol. The van der Waals surface area contributed by atoms with Crippen LogP contribution in [0.5, 0.6) is 5.75 Å². The maximum atomic E-state index is 11.6. The molecule has 4 nitrogen and oxygen atoms in total. The van der Waals surface area contributed by atoms with Gasteiger partial charge in [0.1, 0.15) is 14.5 Å². The van der Waals surface area contributed by atoms with Crippen LogP contribution >= 0.6 is 32.9 Å². The number of hydrogen-bond donors (Lipinski definition) is 1. The first-order valence-corrected chi connectivity index (χ1v) is 11.7. The van der Waals surface area contributed by atoms with E-state index in [4.69, 9.17) is 17.0 Å². The molecule has 0 aliphatic carbocycles. The second kappa shape index (κ2) is 8.53. The smallest absolute Gasteiger partial charge is 0.298 e. The van der Waals surface area contributed by atoms with Gasteiger partial charge in [-0.1, -0.05) is 65.2 Å². The molecule has 0 radical (unpaired) electrons. The molecule has 1 heterocycles. The lowest BCUT2D eigenvalue weighted by atomic mass is 10.0. The highest BCUT2D eigenvalue weighted by Crippen LogP contribution is 2.37. The molecule has 0 fully saturated rings. The predicted octanol–water partition coefficient (Wildman–Crippen LogP) is 5.58. The van der Waals surface area contributed by atoms with Gasteiger partial charge in [0.25, 0.3) is 10.1 Å². The summed E-state index contributed by atoms with van der Waals surface area (Å²) in [6, 6.07) is 4.78.